The molecule has 2 aromatic heterocycles. The van der Waals surface area contributed by atoms with Crippen LogP contribution < -0.4 is 4.90 Å². The Kier molecular flexibility index (Phi) is 3.38. The summed E-state index contributed by atoms with van der Waals surface area (Å²) in [6, 6.07) is 4.12. The van der Waals surface area contributed by atoms with Crippen molar-refractivity contribution in [2.75, 3.05) is 37.6 Å². The van der Waals surface area contributed by atoms with Gasteiger partial charge in [-0.25, -0.2) is 9.37 Å². The number of piperazine rings is 1. The Bertz CT molecular complexity index is 579. The van der Waals surface area contributed by atoms with E-state index in [0.717, 1.165) is 37.2 Å². The number of aromatic amines is 1. The van der Waals surface area contributed by atoms with Crippen LogP contribution in [0.2, 0.25) is 0 Å². The highest BCUT2D eigenvalue weighted by molar-refractivity contribution is 5.89. The molecule has 2 aromatic rings. The third-order valence-corrected chi connectivity index (χ3v) is 3.75. The van der Waals surface area contributed by atoms with Gasteiger partial charge in [-0.15, -0.1) is 0 Å². The van der Waals surface area contributed by atoms with Gasteiger partial charge in [0, 0.05) is 56.2 Å². The van der Waals surface area contributed by atoms with Gasteiger partial charge in [0.25, 0.3) is 0 Å². The Morgan fingerprint density at radius 2 is 2.00 bits per heavy atom. The molecular weight excluding hydrogens is 255 g/mol. The fraction of sp³-hybridized carbons (Fsp3) is 0.533. The Balaban J connectivity index is 1.71. The second kappa shape index (κ2) is 5.05. The van der Waals surface area contributed by atoms with Crippen molar-refractivity contribution in [3.8, 4) is 0 Å². The zero-order valence-corrected chi connectivity index (χ0v) is 12.1. The summed E-state index contributed by atoms with van der Waals surface area (Å²) in [4.78, 5) is 12.0. The summed E-state index contributed by atoms with van der Waals surface area (Å²) in [6.45, 7) is 7.47. The van der Waals surface area contributed by atoms with Gasteiger partial charge in [-0.3, -0.25) is 4.90 Å². The summed E-state index contributed by atoms with van der Waals surface area (Å²) in [5.41, 5.74) is 1.03. The number of nitrogens with zero attached hydrogens (tertiary/aromatic N) is 3. The number of rotatable bonds is 3. The first-order chi connectivity index (χ1) is 9.53. The summed E-state index contributed by atoms with van der Waals surface area (Å²) in [7, 11) is 0. The van der Waals surface area contributed by atoms with Crippen LogP contribution in [-0.4, -0.2) is 53.3 Å². The minimum atomic E-state index is -1.12. The first kappa shape index (κ1) is 13.4. The van der Waals surface area contributed by atoms with Crippen molar-refractivity contribution in [3.05, 3.63) is 24.5 Å². The molecule has 0 unspecified atom stereocenters. The molecule has 5 heteroatoms. The Labute approximate surface area is 118 Å². The predicted molar refractivity (Wildman–Crippen MR) is 79.9 cm³/mol. The summed E-state index contributed by atoms with van der Waals surface area (Å²) in [6.07, 6.45) is 3.76. The first-order valence-electron chi connectivity index (χ1n) is 7.11. The smallest absolute Gasteiger partial charge is 0.139 e. The Hall–Kier alpha value is -1.62. The SMILES string of the molecule is CC(C)(F)CN1CCN(c2ccnc3[nH]ccc23)CC1. The average molecular weight is 276 g/mol. The normalized spacial score (nSPS) is 17.9. The van der Waals surface area contributed by atoms with Gasteiger partial charge in [-0.1, -0.05) is 0 Å². The van der Waals surface area contributed by atoms with E-state index < -0.39 is 5.67 Å². The van der Waals surface area contributed by atoms with Crippen LogP contribution >= 0.6 is 0 Å². The van der Waals surface area contributed by atoms with Gasteiger partial charge in [-0.2, -0.15) is 0 Å². The zero-order valence-electron chi connectivity index (χ0n) is 12.1. The van der Waals surface area contributed by atoms with E-state index in [9.17, 15) is 4.39 Å². The van der Waals surface area contributed by atoms with Crippen molar-refractivity contribution in [1.29, 1.82) is 0 Å². The van der Waals surface area contributed by atoms with Crippen LogP contribution in [0.3, 0.4) is 0 Å². The number of nitrogens with one attached hydrogen (secondary N) is 1. The number of anilines is 1. The highest BCUT2D eigenvalue weighted by Gasteiger charge is 2.24. The lowest BCUT2D eigenvalue weighted by molar-refractivity contribution is 0.121. The predicted octanol–water partition coefficient (Wildman–Crippen LogP) is 2.43. The highest BCUT2D eigenvalue weighted by Crippen LogP contribution is 2.25. The molecule has 0 saturated carbocycles. The Morgan fingerprint density at radius 3 is 2.70 bits per heavy atom. The minimum Gasteiger partial charge on any atom is -0.368 e. The monoisotopic (exact) mass is 276 g/mol. The maximum Gasteiger partial charge on any atom is 0.139 e. The summed E-state index contributed by atoms with van der Waals surface area (Å²) >= 11 is 0. The van der Waals surface area contributed by atoms with Crippen LogP contribution in [0.25, 0.3) is 11.0 Å². The van der Waals surface area contributed by atoms with Gasteiger partial charge in [0.15, 0.2) is 0 Å². The summed E-state index contributed by atoms with van der Waals surface area (Å²) in [5.74, 6) is 0. The molecule has 3 rings (SSSR count). The molecule has 0 aliphatic carbocycles. The van der Waals surface area contributed by atoms with E-state index in [-0.39, 0.29) is 0 Å². The van der Waals surface area contributed by atoms with E-state index in [1.165, 1.54) is 5.69 Å². The average Bonchev–Trinajstić information content (AvgIpc) is 2.86. The van der Waals surface area contributed by atoms with Gasteiger partial charge in [0.2, 0.25) is 0 Å². The molecule has 0 atom stereocenters. The van der Waals surface area contributed by atoms with Crippen molar-refractivity contribution in [1.82, 2.24) is 14.9 Å². The molecule has 1 saturated heterocycles. The molecule has 0 aromatic carbocycles. The standard InChI is InChI=1S/C15H21FN4/c1-15(2,16)11-19-7-9-20(10-8-19)13-4-6-18-14-12(13)3-5-17-14/h3-6H,7-11H2,1-2H3,(H,17,18). The van der Waals surface area contributed by atoms with Crippen LogP contribution in [0.15, 0.2) is 24.5 Å². The molecule has 108 valence electrons. The zero-order chi connectivity index (χ0) is 14.2. The van der Waals surface area contributed by atoms with Crippen molar-refractivity contribution in [2.45, 2.75) is 19.5 Å². The maximum absolute atomic E-state index is 13.7. The van der Waals surface area contributed by atoms with Crippen LogP contribution in [0.1, 0.15) is 13.8 Å². The second-order valence-corrected chi connectivity index (χ2v) is 6.05. The van der Waals surface area contributed by atoms with E-state index in [0.29, 0.717) is 6.54 Å². The van der Waals surface area contributed by atoms with Crippen molar-refractivity contribution >= 4 is 16.7 Å². The van der Waals surface area contributed by atoms with E-state index in [4.69, 9.17) is 0 Å². The van der Waals surface area contributed by atoms with E-state index in [1.54, 1.807) is 13.8 Å². The number of fused-ring (bicyclic) bond motifs is 1. The van der Waals surface area contributed by atoms with Gasteiger partial charge >= 0.3 is 0 Å². The van der Waals surface area contributed by atoms with Gasteiger partial charge < -0.3 is 9.88 Å². The van der Waals surface area contributed by atoms with Crippen molar-refractivity contribution in [2.24, 2.45) is 0 Å². The fourth-order valence-corrected chi connectivity index (χ4v) is 2.90. The number of aromatic nitrogens is 2. The van der Waals surface area contributed by atoms with Crippen LogP contribution in [0, 0.1) is 0 Å². The van der Waals surface area contributed by atoms with Gasteiger partial charge in [0.05, 0.1) is 0 Å². The Morgan fingerprint density at radius 1 is 1.25 bits per heavy atom. The van der Waals surface area contributed by atoms with Crippen LogP contribution in [0.5, 0.6) is 0 Å². The molecule has 20 heavy (non-hydrogen) atoms. The van der Waals surface area contributed by atoms with Gasteiger partial charge in [-0.05, 0) is 26.0 Å². The molecule has 0 amide bonds. The molecule has 0 spiro atoms. The molecule has 1 N–H and O–H groups in total. The molecule has 1 fully saturated rings. The number of alkyl halides is 1. The summed E-state index contributed by atoms with van der Waals surface area (Å²) < 4.78 is 13.7. The van der Waals surface area contributed by atoms with Crippen LogP contribution in [0.4, 0.5) is 10.1 Å². The second-order valence-electron chi connectivity index (χ2n) is 6.05. The van der Waals surface area contributed by atoms with Crippen LogP contribution in [-0.2, 0) is 0 Å². The third-order valence-electron chi connectivity index (χ3n) is 3.75. The lowest BCUT2D eigenvalue weighted by Gasteiger charge is -2.38. The van der Waals surface area contributed by atoms with Gasteiger partial charge in [0.1, 0.15) is 11.3 Å². The first-order valence-corrected chi connectivity index (χ1v) is 7.11. The van der Waals surface area contributed by atoms with Crippen molar-refractivity contribution < 1.29 is 4.39 Å². The number of pyridine rings is 1. The molecule has 1 aliphatic rings. The largest absolute Gasteiger partial charge is 0.368 e. The molecule has 3 heterocycles. The van der Waals surface area contributed by atoms with E-state index >= 15 is 0 Å². The summed E-state index contributed by atoms with van der Waals surface area (Å²) in [5, 5.41) is 1.16. The van der Waals surface area contributed by atoms with E-state index in [2.05, 4.69) is 31.9 Å². The number of hydrogen-bond acceptors (Lipinski definition) is 3. The molecule has 4 nitrogen and oxygen atoms in total. The quantitative estimate of drug-likeness (QED) is 0.935. The molecule has 1 aliphatic heterocycles. The highest BCUT2D eigenvalue weighted by atomic mass is 19.1. The lowest BCUT2D eigenvalue weighted by atomic mass is 10.1. The topological polar surface area (TPSA) is 35.2 Å². The number of halogens is 1. The fourth-order valence-electron chi connectivity index (χ4n) is 2.90. The number of hydrogen-bond donors (Lipinski definition) is 1. The molecular formula is C15H21FN4. The maximum atomic E-state index is 13.7. The minimum absolute atomic E-state index is 0.511. The molecule has 0 radical (unpaired) electrons. The molecule has 0 bridgehead atoms. The lowest BCUT2D eigenvalue weighted by Crippen LogP contribution is -2.49. The number of H-pyrrole nitrogens is 1. The van der Waals surface area contributed by atoms with Crippen molar-refractivity contribution in [3.63, 3.8) is 0 Å². The third kappa shape index (κ3) is 2.77. The van der Waals surface area contributed by atoms with E-state index in [1.807, 2.05) is 12.4 Å².